The van der Waals surface area contributed by atoms with Gasteiger partial charge in [0, 0.05) is 0 Å². The molecule has 0 amide bonds. The fourth-order valence-corrected chi connectivity index (χ4v) is 2.73. The minimum absolute atomic E-state index is 0.00524. The first kappa shape index (κ1) is 19.4. The third-order valence-corrected chi connectivity index (χ3v) is 4.03. The summed E-state index contributed by atoms with van der Waals surface area (Å²) >= 11 is 0. The minimum Gasteiger partial charge on any atom is -0.466 e. The van der Waals surface area contributed by atoms with Crippen molar-refractivity contribution < 1.29 is 32.9 Å². The second kappa shape index (κ2) is 8.53. The maximum Gasteiger partial charge on any atom is 0.355 e. The van der Waals surface area contributed by atoms with Gasteiger partial charge in [-0.2, -0.15) is 0 Å². The molecule has 7 nitrogen and oxygen atoms in total. The second-order valence-electron chi connectivity index (χ2n) is 5.74. The number of hydrogen-bond acceptors (Lipinski definition) is 7. The molecule has 2 aromatic carbocycles. The van der Waals surface area contributed by atoms with Crippen molar-refractivity contribution in [1.29, 1.82) is 0 Å². The van der Waals surface area contributed by atoms with Crippen molar-refractivity contribution in [3.8, 4) is 11.5 Å². The number of ether oxygens (including phenoxy) is 4. The number of rotatable bonds is 5. The molecule has 0 aliphatic carbocycles. The molecule has 0 saturated heterocycles. The van der Waals surface area contributed by atoms with Crippen molar-refractivity contribution in [2.45, 2.75) is 0 Å². The van der Waals surface area contributed by atoms with Gasteiger partial charge in [-0.05, 0) is 36.4 Å². The first-order valence-corrected chi connectivity index (χ1v) is 8.32. The van der Waals surface area contributed by atoms with Gasteiger partial charge in [0.15, 0.2) is 5.75 Å². The predicted octanol–water partition coefficient (Wildman–Crippen LogP) is 3.01. The summed E-state index contributed by atoms with van der Waals surface area (Å²) in [5.74, 6) is -1.00. The molecule has 0 N–H and O–H groups in total. The van der Waals surface area contributed by atoms with Crippen LogP contribution in [0.25, 0.3) is 0 Å². The Morgan fingerprint density at radius 1 is 1.00 bits per heavy atom. The molecule has 0 saturated carbocycles. The first-order chi connectivity index (χ1) is 13.5. The van der Waals surface area contributed by atoms with Crippen molar-refractivity contribution in [1.82, 2.24) is 0 Å². The Morgan fingerprint density at radius 3 is 2.36 bits per heavy atom. The van der Waals surface area contributed by atoms with E-state index in [4.69, 9.17) is 18.9 Å². The molecule has 0 radical (unpaired) electrons. The van der Waals surface area contributed by atoms with Crippen LogP contribution in [0.3, 0.4) is 0 Å². The van der Waals surface area contributed by atoms with E-state index in [0.717, 1.165) is 0 Å². The van der Waals surface area contributed by atoms with E-state index in [1.807, 2.05) is 0 Å². The average molecular weight is 387 g/mol. The molecule has 0 bridgehead atoms. The van der Waals surface area contributed by atoms with E-state index < -0.39 is 11.9 Å². The first-order valence-electron chi connectivity index (χ1n) is 8.32. The summed E-state index contributed by atoms with van der Waals surface area (Å²) in [6.45, 7) is -0.0939. The van der Waals surface area contributed by atoms with Gasteiger partial charge < -0.3 is 23.8 Å². The summed E-state index contributed by atoms with van der Waals surface area (Å²) in [6, 6.07) is 12.4. The van der Waals surface area contributed by atoms with Crippen LogP contribution in [0.5, 0.6) is 11.5 Å². The molecule has 8 heteroatoms. The molecule has 1 heterocycles. The van der Waals surface area contributed by atoms with Crippen LogP contribution in [0.2, 0.25) is 0 Å². The van der Waals surface area contributed by atoms with E-state index in [1.54, 1.807) is 24.3 Å². The van der Waals surface area contributed by atoms with Gasteiger partial charge in [0.2, 0.25) is 0 Å². The summed E-state index contributed by atoms with van der Waals surface area (Å²) in [6.07, 6.45) is 0. The van der Waals surface area contributed by atoms with E-state index >= 15 is 0 Å². The van der Waals surface area contributed by atoms with Gasteiger partial charge in [-0.3, -0.25) is 0 Å². The number of nitrogens with zero attached hydrogens (tertiary/aromatic N) is 1. The lowest BCUT2D eigenvalue weighted by molar-refractivity contribution is -0.140. The molecule has 28 heavy (non-hydrogen) atoms. The number of hydrogen-bond donors (Lipinski definition) is 0. The molecule has 0 fully saturated rings. The van der Waals surface area contributed by atoms with E-state index in [1.165, 1.54) is 43.4 Å². The maximum absolute atomic E-state index is 13.1. The van der Waals surface area contributed by atoms with Crippen LogP contribution in [0, 0.1) is 5.82 Å². The number of methoxy groups -OCH3 is 2. The molecular weight excluding hydrogens is 369 g/mol. The van der Waals surface area contributed by atoms with Crippen LogP contribution in [-0.2, 0) is 23.8 Å². The van der Waals surface area contributed by atoms with Crippen molar-refractivity contribution >= 4 is 17.6 Å². The van der Waals surface area contributed by atoms with Gasteiger partial charge in [-0.1, -0.05) is 12.1 Å². The zero-order chi connectivity index (χ0) is 20.1. The van der Waals surface area contributed by atoms with E-state index in [-0.39, 0.29) is 30.4 Å². The smallest absolute Gasteiger partial charge is 0.355 e. The Balaban J connectivity index is 2.05. The van der Waals surface area contributed by atoms with Gasteiger partial charge >= 0.3 is 11.9 Å². The fraction of sp³-hybridized carbons (Fsp3) is 0.200. The summed E-state index contributed by atoms with van der Waals surface area (Å²) < 4.78 is 34.1. The second-order valence-corrected chi connectivity index (χ2v) is 5.74. The quantitative estimate of drug-likeness (QED) is 0.730. The molecule has 0 unspecified atom stereocenters. The Labute approximate surface area is 160 Å². The third-order valence-electron chi connectivity index (χ3n) is 4.03. The Hall–Kier alpha value is -3.39. The number of carbonyl (C=O) groups is 2. The minimum atomic E-state index is -0.708. The molecular formula is C20H18FNO6. The fourth-order valence-electron chi connectivity index (χ4n) is 2.73. The summed E-state index contributed by atoms with van der Waals surface area (Å²) in [5, 5.41) is 0. The average Bonchev–Trinajstić information content (AvgIpc) is 2.74. The molecule has 146 valence electrons. The van der Waals surface area contributed by atoms with Gasteiger partial charge in [0.1, 0.15) is 24.0 Å². The number of anilines is 1. The van der Waals surface area contributed by atoms with Gasteiger partial charge in [0.05, 0.1) is 32.1 Å². The molecule has 2 aromatic rings. The topological polar surface area (TPSA) is 74.3 Å². The van der Waals surface area contributed by atoms with Crippen molar-refractivity contribution in [2.75, 3.05) is 32.5 Å². The maximum atomic E-state index is 13.1. The monoisotopic (exact) mass is 387 g/mol. The van der Waals surface area contributed by atoms with Crippen LogP contribution in [0.4, 0.5) is 10.1 Å². The predicted molar refractivity (Wildman–Crippen MR) is 97.3 cm³/mol. The van der Waals surface area contributed by atoms with Gasteiger partial charge in [-0.25, -0.2) is 14.0 Å². The Bertz CT molecular complexity index is 909. The highest BCUT2D eigenvalue weighted by atomic mass is 19.1. The molecule has 1 aliphatic heterocycles. The largest absolute Gasteiger partial charge is 0.466 e. The SMILES string of the molecule is COC(=O)C1=C(C(=O)OC)N(c2ccccc2Oc2ccc(F)cc2)COC1. The molecule has 1 aliphatic rings. The van der Waals surface area contributed by atoms with Crippen LogP contribution >= 0.6 is 0 Å². The summed E-state index contributed by atoms with van der Waals surface area (Å²) in [4.78, 5) is 26.0. The van der Waals surface area contributed by atoms with E-state index in [9.17, 15) is 14.0 Å². The zero-order valence-corrected chi connectivity index (χ0v) is 15.3. The lowest BCUT2D eigenvalue weighted by Gasteiger charge is -2.32. The van der Waals surface area contributed by atoms with Crippen LogP contribution in [-0.4, -0.2) is 39.5 Å². The number of carbonyl (C=O) groups excluding carboxylic acids is 2. The number of halogens is 1. The number of benzene rings is 2. The highest BCUT2D eigenvalue weighted by Crippen LogP contribution is 2.36. The number of esters is 2. The number of para-hydroxylation sites is 2. The summed E-state index contributed by atoms with van der Waals surface area (Å²) in [5.41, 5.74) is 0.515. The van der Waals surface area contributed by atoms with Crippen molar-refractivity contribution in [3.63, 3.8) is 0 Å². The van der Waals surface area contributed by atoms with E-state index in [0.29, 0.717) is 17.2 Å². The van der Waals surface area contributed by atoms with Crippen molar-refractivity contribution in [2.24, 2.45) is 0 Å². The lowest BCUT2D eigenvalue weighted by Crippen LogP contribution is -2.38. The molecule has 0 spiro atoms. The summed E-state index contributed by atoms with van der Waals surface area (Å²) in [7, 11) is 2.44. The highest BCUT2D eigenvalue weighted by molar-refractivity contribution is 6.03. The Morgan fingerprint density at radius 2 is 1.68 bits per heavy atom. The van der Waals surface area contributed by atoms with E-state index in [2.05, 4.69) is 0 Å². The highest BCUT2D eigenvalue weighted by Gasteiger charge is 2.33. The zero-order valence-electron chi connectivity index (χ0n) is 15.3. The molecule has 0 atom stereocenters. The van der Waals surface area contributed by atoms with Crippen LogP contribution < -0.4 is 9.64 Å². The van der Waals surface area contributed by atoms with Gasteiger partial charge in [-0.15, -0.1) is 0 Å². The lowest BCUT2D eigenvalue weighted by atomic mass is 10.1. The molecule has 0 aromatic heterocycles. The van der Waals surface area contributed by atoms with Gasteiger partial charge in [0.25, 0.3) is 0 Å². The Kier molecular flexibility index (Phi) is 5.90. The molecule has 3 rings (SSSR count). The normalized spacial score (nSPS) is 13.9. The van der Waals surface area contributed by atoms with Crippen LogP contribution in [0.1, 0.15) is 0 Å². The van der Waals surface area contributed by atoms with Crippen LogP contribution in [0.15, 0.2) is 59.8 Å². The van der Waals surface area contributed by atoms with Crippen molar-refractivity contribution in [3.05, 3.63) is 65.6 Å². The standard InChI is InChI=1S/C20H18FNO6/c1-25-19(23)15-11-27-12-22(18(15)20(24)26-2)16-5-3-4-6-17(16)28-14-9-7-13(21)8-10-14/h3-10H,11-12H2,1-2H3. The third kappa shape index (κ3) is 3.96.